The molecule has 0 amide bonds. The summed E-state index contributed by atoms with van der Waals surface area (Å²) >= 11 is 0. The molecule has 1 aromatic rings. The minimum Gasteiger partial charge on any atom is -0.489 e. The first kappa shape index (κ1) is 21.6. The summed E-state index contributed by atoms with van der Waals surface area (Å²) in [6, 6.07) is 6.54. The molecule has 2 N–H and O–H groups in total. The molecule has 0 saturated carbocycles. The summed E-state index contributed by atoms with van der Waals surface area (Å²) in [6.07, 6.45) is 1.38. The lowest BCUT2D eigenvalue weighted by molar-refractivity contribution is -0.146. The first-order valence-electron chi connectivity index (χ1n) is 8.10. The molecule has 7 nitrogen and oxygen atoms in total. The zero-order valence-electron chi connectivity index (χ0n) is 15.2. The van der Waals surface area contributed by atoms with Gasteiger partial charge >= 0.3 is 20.5 Å². The van der Waals surface area contributed by atoms with Gasteiger partial charge in [0.1, 0.15) is 17.9 Å². The highest BCUT2D eigenvalue weighted by Crippen LogP contribution is 2.17. The smallest absolute Gasteiger partial charge is 0.362 e. The monoisotopic (exact) mass is 380 g/mol. The molecular weight excluding hydrogens is 356 g/mol. The van der Waals surface area contributed by atoms with E-state index in [1.165, 1.54) is 12.6 Å². The van der Waals surface area contributed by atoms with Crippen LogP contribution in [-0.2, 0) is 19.1 Å². The van der Waals surface area contributed by atoms with Gasteiger partial charge in [-0.1, -0.05) is 18.7 Å². The van der Waals surface area contributed by atoms with Crippen LogP contribution in [0.15, 0.2) is 41.6 Å². The molecule has 0 atom stereocenters. The molecule has 1 rings (SSSR count). The molecule has 0 aliphatic carbocycles. The summed E-state index contributed by atoms with van der Waals surface area (Å²) in [4.78, 5) is 42.9. The third kappa shape index (κ3) is 6.83. The molecule has 0 fully saturated rings. The van der Waals surface area contributed by atoms with Gasteiger partial charge in [0, 0.05) is 5.20 Å². The highest BCUT2D eigenvalue weighted by Gasteiger charge is 2.26. The van der Waals surface area contributed by atoms with E-state index in [9.17, 15) is 19.2 Å². The van der Waals surface area contributed by atoms with Crippen molar-refractivity contribution in [2.24, 2.45) is 0 Å². The van der Waals surface area contributed by atoms with Crippen LogP contribution in [0.4, 0.5) is 0 Å². The molecule has 0 saturated heterocycles. The second-order valence-electron chi connectivity index (χ2n) is 5.48. The Morgan fingerprint density at radius 3 is 2.00 bits per heavy atom. The summed E-state index contributed by atoms with van der Waals surface area (Å²) in [5, 5.41) is 0.244. The lowest BCUT2D eigenvalue weighted by Gasteiger charge is -2.15. The summed E-state index contributed by atoms with van der Waals surface area (Å²) in [5.74, 6) is -1.02. The maximum absolute atomic E-state index is 11.9. The standard InChI is InChI=1S/C18H24O7Si/c1-5-23-17(19)16(18(20)24-6-2)11-14-7-9-15(10-8-14)25-12-13(3)26(4,21)22/h7-11,21-22H,3,5-6,12H2,1-2,4H3. The van der Waals surface area contributed by atoms with E-state index < -0.39 is 20.5 Å². The molecule has 0 radical (unpaired) electrons. The van der Waals surface area contributed by atoms with Crippen LogP contribution in [0.1, 0.15) is 19.4 Å². The Bertz CT molecular complexity index is 652. The van der Waals surface area contributed by atoms with Crippen LogP contribution in [0, 0.1) is 0 Å². The number of hydrogen-bond donors (Lipinski definition) is 2. The molecular formula is C18H24O7Si. The normalized spacial score (nSPS) is 10.7. The van der Waals surface area contributed by atoms with E-state index in [1.54, 1.807) is 38.1 Å². The highest BCUT2D eigenvalue weighted by molar-refractivity contribution is 6.71. The zero-order chi connectivity index (χ0) is 19.7. The third-order valence-electron chi connectivity index (χ3n) is 3.26. The fourth-order valence-electron chi connectivity index (χ4n) is 1.75. The van der Waals surface area contributed by atoms with Crippen LogP contribution in [0.2, 0.25) is 6.55 Å². The van der Waals surface area contributed by atoms with Gasteiger partial charge in [-0.15, -0.1) is 0 Å². The number of ether oxygens (including phenoxy) is 3. The molecule has 26 heavy (non-hydrogen) atoms. The van der Waals surface area contributed by atoms with Gasteiger partial charge in [0.05, 0.1) is 13.2 Å². The molecule has 1 aromatic carbocycles. The largest absolute Gasteiger partial charge is 0.489 e. The molecule has 0 heterocycles. The summed E-state index contributed by atoms with van der Waals surface area (Å²) in [6.45, 7) is 8.49. The van der Waals surface area contributed by atoms with E-state index >= 15 is 0 Å². The minimum absolute atomic E-state index is 0.0121. The molecule has 0 aliphatic heterocycles. The van der Waals surface area contributed by atoms with E-state index in [1.807, 2.05) is 0 Å². The van der Waals surface area contributed by atoms with Gasteiger partial charge in [0.2, 0.25) is 0 Å². The Morgan fingerprint density at radius 1 is 1.08 bits per heavy atom. The van der Waals surface area contributed by atoms with E-state index in [2.05, 4.69) is 6.58 Å². The van der Waals surface area contributed by atoms with E-state index in [-0.39, 0.29) is 30.6 Å². The van der Waals surface area contributed by atoms with Gasteiger partial charge in [-0.25, -0.2) is 9.59 Å². The van der Waals surface area contributed by atoms with E-state index in [0.717, 1.165) is 0 Å². The molecule has 0 aliphatic rings. The summed E-state index contributed by atoms with van der Waals surface area (Å²) in [7, 11) is -3.42. The van der Waals surface area contributed by atoms with Crippen molar-refractivity contribution in [2.75, 3.05) is 19.8 Å². The van der Waals surface area contributed by atoms with Crippen molar-refractivity contribution < 1.29 is 33.4 Å². The van der Waals surface area contributed by atoms with E-state index in [0.29, 0.717) is 11.3 Å². The van der Waals surface area contributed by atoms with Crippen LogP contribution in [0.5, 0.6) is 5.75 Å². The summed E-state index contributed by atoms with van der Waals surface area (Å²) in [5.41, 5.74) is 0.383. The maximum Gasteiger partial charge on any atom is 0.362 e. The SMILES string of the molecule is C=C(COc1ccc(C=C(C(=O)OCC)C(=O)OCC)cc1)[Si](C)(O)O. The molecule has 142 valence electrons. The van der Waals surface area contributed by atoms with Crippen molar-refractivity contribution >= 4 is 26.6 Å². The van der Waals surface area contributed by atoms with Crippen LogP contribution < -0.4 is 4.74 Å². The zero-order valence-corrected chi connectivity index (χ0v) is 16.2. The minimum atomic E-state index is -3.42. The quantitative estimate of drug-likeness (QED) is 0.221. The summed E-state index contributed by atoms with van der Waals surface area (Å²) < 4.78 is 15.2. The number of carbonyl (C=O) groups is 2. The molecule has 0 unspecified atom stereocenters. The van der Waals surface area contributed by atoms with Gasteiger partial charge in [-0.2, -0.15) is 0 Å². The predicted molar refractivity (Wildman–Crippen MR) is 98.4 cm³/mol. The van der Waals surface area contributed by atoms with Crippen LogP contribution in [0.25, 0.3) is 6.08 Å². The Labute approximate surface area is 153 Å². The third-order valence-corrected chi connectivity index (χ3v) is 4.75. The Kier molecular flexibility index (Phi) is 8.24. The number of carbonyl (C=O) groups excluding carboxylic acids is 2. The molecule has 0 spiro atoms. The fourth-order valence-corrected chi connectivity index (χ4v) is 2.10. The van der Waals surface area contributed by atoms with Gasteiger partial charge in [-0.05, 0) is 44.2 Å². The van der Waals surface area contributed by atoms with Gasteiger partial charge in [0.25, 0.3) is 0 Å². The second-order valence-corrected chi connectivity index (χ2v) is 8.23. The van der Waals surface area contributed by atoms with Crippen LogP contribution in [-0.4, -0.2) is 49.9 Å². The number of rotatable bonds is 9. The Morgan fingerprint density at radius 2 is 1.58 bits per heavy atom. The highest BCUT2D eigenvalue weighted by atomic mass is 28.4. The molecule has 8 heteroatoms. The van der Waals surface area contributed by atoms with Crippen molar-refractivity contribution in [2.45, 2.75) is 20.4 Å². The lowest BCUT2D eigenvalue weighted by Crippen LogP contribution is -2.35. The molecule has 0 aromatic heterocycles. The van der Waals surface area contributed by atoms with Crippen molar-refractivity contribution in [3.05, 3.63) is 47.2 Å². The van der Waals surface area contributed by atoms with Crippen molar-refractivity contribution in [1.29, 1.82) is 0 Å². The lowest BCUT2D eigenvalue weighted by atomic mass is 10.1. The average Bonchev–Trinajstić information content (AvgIpc) is 2.58. The van der Waals surface area contributed by atoms with Gasteiger partial charge < -0.3 is 23.8 Å². The van der Waals surface area contributed by atoms with E-state index in [4.69, 9.17) is 14.2 Å². The van der Waals surface area contributed by atoms with Gasteiger partial charge in [-0.3, -0.25) is 0 Å². The van der Waals surface area contributed by atoms with Crippen molar-refractivity contribution in [3.63, 3.8) is 0 Å². The first-order valence-corrected chi connectivity index (χ1v) is 10.5. The Balaban J connectivity index is 2.89. The van der Waals surface area contributed by atoms with Crippen molar-refractivity contribution in [1.82, 2.24) is 0 Å². The second kappa shape index (κ2) is 9.90. The topological polar surface area (TPSA) is 102 Å². The average molecular weight is 380 g/mol. The predicted octanol–water partition coefficient (Wildman–Crippen LogP) is 1.73. The fraction of sp³-hybridized carbons (Fsp3) is 0.333. The van der Waals surface area contributed by atoms with Crippen molar-refractivity contribution in [3.8, 4) is 5.75 Å². The van der Waals surface area contributed by atoms with Gasteiger partial charge in [0.15, 0.2) is 0 Å². The molecule has 0 bridgehead atoms. The van der Waals surface area contributed by atoms with Crippen LogP contribution >= 0.6 is 0 Å². The van der Waals surface area contributed by atoms with Crippen LogP contribution in [0.3, 0.4) is 0 Å². The number of benzene rings is 1. The first-order chi connectivity index (χ1) is 12.2. The maximum atomic E-state index is 11.9. The Hall–Kier alpha value is -2.42. The number of esters is 2. The number of hydrogen-bond acceptors (Lipinski definition) is 7.